The first kappa shape index (κ1) is 15.8. The molecular weight excluding hydrogens is 311 g/mol. The number of aryl methyl sites for hydroxylation is 1. The SMILES string of the molecule is Cc1cnc2c(N=CN(C)C)c(Cl)c(C(C)Cl)cn2c1=O. The van der Waals surface area contributed by atoms with E-state index in [4.69, 9.17) is 23.2 Å². The largest absolute Gasteiger partial charge is 0.369 e. The molecule has 1 atom stereocenters. The van der Waals surface area contributed by atoms with Gasteiger partial charge >= 0.3 is 0 Å². The molecule has 2 aromatic heterocycles. The fourth-order valence-electron chi connectivity index (χ4n) is 1.85. The number of alkyl halides is 1. The first-order valence-electron chi connectivity index (χ1n) is 6.38. The third kappa shape index (κ3) is 3.04. The smallest absolute Gasteiger partial charge is 0.260 e. The lowest BCUT2D eigenvalue weighted by Gasteiger charge is -2.13. The molecule has 0 bridgehead atoms. The zero-order chi connectivity index (χ0) is 15.7. The van der Waals surface area contributed by atoms with Crippen molar-refractivity contribution < 1.29 is 0 Å². The molecule has 0 aliphatic heterocycles. The Morgan fingerprint density at radius 2 is 2.14 bits per heavy atom. The van der Waals surface area contributed by atoms with Crippen molar-refractivity contribution in [2.24, 2.45) is 4.99 Å². The summed E-state index contributed by atoms with van der Waals surface area (Å²) in [6.07, 6.45) is 4.76. The Labute approximate surface area is 132 Å². The van der Waals surface area contributed by atoms with E-state index in [2.05, 4.69) is 9.98 Å². The number of rotatable bonds is 3. The van der Waals surface area contributed by atoms with Crippen molar-refractivity contribution in [3.05, 3.63) is 38.9 Å². The van der Waals surface area contributed by atoms with Crippen LogP contribution >= 0.6 is 23.2 Å². The minimum Gasteiger partial charge on any atom is -0.369 e. The lowest BCUT2D eigenvalue weighted by atomic mass is 10.2. The third-order valence-electron chi connectivity index (χ3n) is 2.95. The zero-order valence-electron chi connectivity index (χ0n) is 12.3. The zero-order valence-corrected chi connectivity index (χ0v) is 13.8. The maximum Gasteiger partial charge on any atom is 0.260 e. The van der Waals surface area contributed by atoms with Crippen LogP contribution in [0, 0.1) is 6.92 Å². The van der Waals surface area contributed by atoms with Gasteiger partial charge in [0.05, 0.1) is 16.7 Å². The van der Waals surface area contributed by atoms with Crippen molar-refractivity contribution in [1.82, 2.24) is 14.3 Å². The first-order chi connectivity index (χ1) is 9.82. The van der Waals surface area contributed by atoms with Crippen LogP contribution in [-0.4, -0.2) is 34.7 Å². The number of hydrogen-bond acceptors (Lipinski definition) is 3. The van der Waals surface area contributed by atoms with Gasteiger partial charge in [-0.2, -0.15) is 0 Å². The van der Waals surface area contributed by atoms with E-state index in [-0.39, 0.29) is 10.9 Å². The van der Waals surface area contributed by atoms with Crippen LogP contribution in [0.15, 0.2) is 22.2 Å². The van der Waals surface area contributed by atoms with E-state index in [0.717, 1.165) is 0 Å². The maximum absolute atomic E-state index is 12.3. The standard InChI is InChI=1S/C14H16Cl2N4O/c1-8-5-17-13-12(18-7-19(3)4)11(16)10(9(2)15)6-20(13)14(8)21/h5-7,9H,1-4H3. The highest BCUT2D eigenvalue weighted by Crippen LogP contribution is 2.36. The minimum absolute atomic E-state index is 0.156. The summed E-state index contributed by atoms with van der Waals surface area (Å²) in [6, 6.07) is 0. The lowest BCUT2D eigenvalue weighted by Crippen LogP contribution is -2.18. The summed E-state index contributed by atoms with van der Waals surface area (Å²) in [6.45, 7) is 3.51. The number of aliphatic imine (C=N–C) groups is 1. The van der Waals surface area contributed by atoms with Gasteiger partial charge in [0.25, 0.3) is 5.56 Å². The second-order valence-corrected chi connectivity index (χ2v) is 6.04. The molecule has 0 spiro atoms. The van der Waals surface area contributed by atoms with Gasteiger partial charge in [-0.25, -0.2) is 9.98 Å². The normalized spacial score (nSPS) is 13.0. The molecule has 0 amide bonds. The molecule has 0 N–H and O–H groups in total. The monoisotopic (exact) mass is 326 g/mol. The Morgan fingerprint density at radius 3 is 2.71 bits per heavy atom. The summed E-state index contributed by atoms with van der Waals surface area (Å²) < 4.78 is 1.44. The Kier molecular flexibility index (Phi) is 4.54. The average molecular weight is 327 g/mol. The van der Waals surface area contributed by atoms with Gasteiger partial charge in [-0.3, -0.25) is 9.20 Å². The van der Waals surface area contributed by atoms with Gasteiger partial charge in [-0.05, 0) is 13.8 Å². The summed E-state index contributed by atoms with van der Waals surface area (Å²) in [5, 5.41) is 0.0639. The van der Waals surface area contributed by atoms with Crippen LogP contribution in [0.5, 0.6) is 0 Å². The van der Waals surface area contributed by atoms with Gasteiger partial charge in [0.15, 0.2) is 5.65 Å². The van der Waals surface area contributed by atoms with E-state index in [9.17, 15) is 4.79 Å². The molecule has 0 aromatic carbocycles. The van der Waals surface area contributed by atoms with Gasteiger partial charge in [-0.15, -0.1) is 11.6 Å². The van der Waals surface area contributed by atoms with Crippen LogP contribution in [-0.2, 0) is 0 Å². The highest BCUT2D eigenvalue weighted by Gasteiger charge is 2.17. The predicted octanol–water partition coefficient (Wildman–Crippen LogP) is 3.18. The summed E-state index contributed by atoms with van der Waals surface area (Å²) in [5.74, 6) is 0. The molecule has 0 aliphatic carbocycles. The highest BCUT2D eigenvalue weighted by molar-refractivity contribution is 6.35. The quantitative estimate of drug-likeness (QED) is 0.494. The predicted molar refractivity (Wildman–Crippen MR) is 87.3 cm³/mol. The Bertz CT molecular complexity index is 766. The van der Waals surface area contributed by atoms with Crippen molar-refractivity contribution in [3.8, 4) is 0 Å². The molecule has 7 heteroatoms. The Morgan fingerprint density at radius 1 is 1.48 bits per heavy atom. The number of fused-ring (bicyclic) bond motifs is 1. The van der Waals surface area contributed by atoms with Crippen LogP contribution in [0.2, 0.25) is 5.02 Å². The second kappa shape index (κ2) is 6.03. The number of aromatic nitrogens is 2. The third-order valence-corrected chi connectivity index (χ3v) is 3.58. The van der Waals surface area contributed by atoms with E-state index in [1.807, 2.05) is 14.1 Å². The number of nitrogens with zero attached hydrogens (tertiary/aromatic N) is 4. The fourth-order valence-corrected chi connectivity index (χ4v) is 2.42. The molecule has 0 fully saturated rings. The summed E-state index contributed by atoms with van der Waals surface area (Å²) >= 11 is 12.5. The second-order valence-electron chi connectivity index (χ2n) is 5.01. The average Bonchev–Trinajstić information content (AvgIpc) is 2.41. The Balaban J connectivity index is 2.89. The van der Waals surface area contributed by atoms with E-state index >= 15 is 0 Å². The Hall–Kier alpha value is -1.59. The molecule has 2 rings (SSSR count). The maximum atomic E-state index is 12.3. The minimum atomic E-state index is -0.345. The summed E-state index contributed by atoms with van der Waals surface area (Å²) in [5.41, 5.74) is 1.88. The molecule has 2 aromatic rings. The molecule has 2 heterocycles. The first-order valence-corrected chi connectivity index (χ1v) is 7.19. The molecule has 0 saturated carbocycles. The molecule has 0 radical (unpaired) electrons. The van der Waals surface area contributed by atoms with Crippen LogP contribution in [0.4, 0.5) is 5.69 Å². The fraction of sp³-hybridized carbons (Fsp3) is 0.357. The van der Waals surface area contributed by atoms with E-state index in [1.165, 1.54) is 10.6 Å². The number of hydrogen-bond donors (Lipinski definition) is 0. The van der Waals surface area contributed by atoms with Crippen LogP contribution in [0.25, 0.3) is 5.65 Å². The van der Waals surface area contributed by atoms with Crippen molar-refractivity contribution in [2.45, 2.75) is 19.2 Å². The van der Waals surface area contributed by atoms with Crippen molar-refractivity contribution >= 4 is 40.9 Å². The molecule has 1 unspecified atom stereocenters. The molecule has 0 saturated heterocycles. The van der Waals surface area contributed by atoms with E-state index in [0.29, 0.717) is 27.5 Å². The van der Waals surface area contributed by atoms with Gasteiger partial charge < -0.3 is 4.90 Å². The highest BCUT2D eigenvalue weighted by atomic mass is 35.5. The van der Waals surface area contributed by atoms with Crippen LogP contribution in [0.3, 0.4) is 0 Å². The molecule has 21 heavy (non-hydrogen) atoms. The number of halogens is 2. The summed E-state index contributed by atoms with van der Waals surface area (Å²) in [7, 11) is 3.69. The molecule has 0 aliphatic rings. The summed E-state index contributed by atoms with van der Waals surface area (Å²) in [4.78, 5) is 22.7. The van der Waals surface area contributed by atoms with E-state index in [1.54, 1.807) is 31.3 Å². The molecule has 5 nitrogen and oxygen atoms in total. The number of pyridine rings is 1. The van der Waals surface area contributed by atoms with Gasteiger partial charge in [0, 0.05) is 37.6 Å². The topological polar surface area (TPSA) is 50.0 Å². The van der Waals surface area contributed by atoms with Gasteiger partial charge in [-0.1, -0.05) is 11.6 Å². The van der Waals surface area contributed by atoms with Crippen molar-refractivity contribution in [3.63, 3.8) is 0 Å². The van der Waals surface area contributed by atoms with Crippen molar-refractivity contribution in [1.29, 1.82) is 0 Å². The molecule has 112 valence electrons. The lowest BCUT2D eigenvalue weighted by molar-refractivity contribution is 0.643. The van der Waals surface area contributed by atoms with Gasteiger partial charge in [0.1, 0.15) is 5.69 Å². The van der Waals surface area contributed by atoms with E-state index < -0.39 is 0 Å². The molecular formula is C14H16Cl2N4O. The van der Waals surface area contributed by atoms with Crippen LogP contribution in [0.1, 0.15) is 23.4 Å². The van der Waals surface area contributed by atoms with Crippen molar-refractivity contribution in [2.75, 3.05) is 14.1 Å². The van der Waals surface area contributed by atoms with Crippen LogP contribution < -0.4 is 5.56 Å². The van der Waals surface area contributed by atoms with Gasteiger partial charge in [0.2, 0.25) is 0 Å².